The summed E-state index contributed by atoms with van der Waals surface area (Å²) in [6, 6.07) is 6.98. The molecule has 0 aliphatic heterocycles. The maximum absolute atomic E-state index is 12.1. The van der Waals surface area contributed by atoms with E-state index in [9.17, 15) is 4.79 Å². The molecule has 1 aliphatic carbocycles. The van der Waals surface area contributed by atoms with Crippen molar-refractivity contribution in [1.29, 1.82) is 0 Å². The zero-order valence-electron chi connectivity index (χ0n) is 11.4. The Morgan fingerprint density at radius 3 is 2.55 bits per heavy atom. The molecule has 0 aromatic heterocycles. The average molecular weight is 293 g/mol. The minimum Gasteiger partial charge on any atom is -0.409 e. The molecule has 1 saturated carbocycles. The molecule has 1 aromatic carbocycles. The third-order valence-electron chi connectivity index (χ3n) is 3.60. The van der Waals surface area contributed by atoms with Crippen LogP contribution in [0, 0.1) is 0 Å². The van der Waals surface area contributed by atoms with Gasteiger partial charge in [-0.2, -0.15) is 11.8 Å². The number of carbonyl (C=O) groups is 1. The van der Waals surface area contributed by atoms with Gasteiger partial charge in [-0.3, -0.25) is 4.79 Å². The molecule has 0 heterocycles. The van der Waals surface area contributed by atoms with E-state index >= 15 is 0 Å². The van der Waals surface area contributed by atoms with E-state index in [4.69, 9.17) is 10.9 Å². The van der Waals surface area contributed by atoms with E-state index in [1.54, 1.807) is 24.3 Å². The van der Waals surface area contributed by atoms with Crippen LogP contribution in [0.2, 0.25) is 0 Å². The number of nitrogens with one attached hydrogen (secondary N) is 1. The number of rotatable bonds is 4. The second-order valence-corrected chi connectivity index (χ2v) is 6.04. The number of oxime groups is 1. The van der Waals surface area contributed by atoms with Crippen molar-refractivity contribution in [1.82, 2.24) is 5.32 Å². The number of carbonyl (C=O) groups excluding carboxylic acids is 1. The Hall–Kier alpha value is -1.69. The summed E-state index contributed by atoms with van der Waals surface area (Å²) in [6.07, 6.45) is 5.35. The van der Waals surface area contributed by atoms with Crippen molar-refractivity contribution in [3.63, 3.8) is 0 Å². The lowest BCUT2D eigenvalue weighted by Crippen LogP contribution is -2.33. The number of amides is 1. The fourth-order valence-electron chi connectivity index (χ4n) is 2.40. The second-order valence-electron chi connectivity index (χ2n) is 4.90. The van der Waals surface area contributed by atoms with Crippen LogP contribution >= 0.6 is 11.8 Å². The third kappa shape index (κ3) is 3.45. The highest BCUT2D eigenvalue weighted by molar-refractivity contribution is 7.99. The maximum Gasteiger partial charge on any atom is 0.251 e. The number of hydrogen-bond acceptors (Lipinski definition) is 4. The van der Waals surface area contributed by atoms with E-state index < -0.39 is 0 Å². The highest BCUT2D eigenvalue weighted by Crippen LogP contribution is 2.28. The topological polar surface area (TPSA) is 87.7 Å². The highest BCUT2D eigenvalue weighted by atomic mass is 32.2. The predicted octanol–water partition coefficient (Wildman–Crippen LogP) is 1.79. The van der Waals surface area contributed by atoms with Crippen molar-refractivity contribution in [3.05, 3.63) is 35.4 Å². The van der Waals surface area contributed by atoms with Crippen LogP contribution in [0.15, 0.2) is 29.4 Å². The Kier molecular flexibility index (Phi) is 4.89. The first-order chi connectivity index (χ1) is 9.63. The fourth-order valence-corrected chi connectivity index (χ4v) is 3.20. The molecule has 2 atom stereocenters. The van der Waals surface area contributed by atoms with Crippen LogP contribution < -0.4 is 11.1 Å². The first-order valence-electron chi connectivity index (χ1n) is 6.55. The van der Waals surface area contributed by atoms with Crippen molar-refractivity contribution in [2.24, 2.45) is 10.9 Å². The first kappa shape index (κ1) is 14.7. The first-order valence-corrected chi connectivity index (χ1v) is 7.84. The van der Waals surface area contributed by atoms with Crippen LogP contribution in [0.5, 0.6) is 0 Å². The van der Waals surface area contributed by atoms with E-state index in [-0.39, 0.29) is 17.8 Å². The van der Waals surface area contributed by atoms with E-state index in [0.717, 1.165) is 19.3 Å². The Bertz CT molecular complexity index is 502. The smallest absolute Gasteiger partial charge is 0.251 e. The van der Waals surface area contributed by atoms with Crippen LogP contribution in [0.25, 0.3) is 0 Å². The summed E-state index contributed by atoms with van der Waals surface area (Å²) in [6.45, 7) is 0. The van der Waals surface area contributed by atoms with Gasteiger partial charge in [-0.15, -0.1) is 0 Å². The summed E-state index contributed by atoms with van der Waals surface area (Å²) in [5.41, 5.74) is 6.66. The molecule has 0 bridgehead atoms. The van der Waals surface area contributed by atoms with Gasteiger partial charge in [0.25, 0.3) is 5.91 Å². The summed E-state index contributed by atoms with van der Waals surface area (Å²) in [5, 5.41) is 15.2. The molecule has 0 spiro atoms. The van der Waals surface area contributed by atoms with Gasteiger partial charge in [0.05, 0.1) is 0 Å². The molecule has 20 heavy (non-hydrogen) atoms. The highest BCUT2D eigenvalue weighted by Gasteiger charge is 2.25. The zero-order valence-corrected chi connectivity index (χ0v) is 12.2. The van der Waals surface area contributed by atoms with Crippen LogP contribution in [-0.4, -0.2) is 34.5 Å². The van der Waals surface area contributed by atoms with Crippen LogP contribution in [-0.2, 0) is 0 Å². The van der Waals surface area contributed by atoms with E-state index in [2.05, 4.69) is 16.7 Å². The van der Waals surface area contributed by atoms with Gasteiger partial charge in [0.15, 0.2) is 5.84 Å². The molecule has 108 valence electrons. The van der Waals surface area contributed by atoms with E-state index in [1.807, 2.05) is 11.8 Å². The van der Waals surface area contributed by atoms with Gasteiger partial charge in [0.2, 0.25) is 0 Å². The number of amidine groups is 1. The summed E-state index contributed by atoms with van der Waals surface area (Å²) in [5.74, 6) is -0.0293. The zero-order chi connectivity index (χ0) is 14.5. The maximum atomic E-state index is 12.1. The standard InChI is InChI=1S/C14H19N3O2S/c1-20-12-7-6-11(8-12)16-14(18)10-4-2-9(3-5-10)13(15)17-19/h2-5,11-12,19H,6-8H2,1H3,(H2,15,17)(H,16,18). The monoisotopic (exact) mass is 293 g/mol. The number of nitrogens with two attached hydrogens (primary N) is 1. The summed E-state index contributed by atoms with van der Waals surface area (Å²) >= 11 is 1.86. The lowest BCUT2D eigenvalue weighted by Gasteiger charge is -2.13. The summed E-state index contributed by atoms with van der Waals surface area (Å²) in [4.78, 5) is 12.1. The Balaban J connectivity index is 1.96. The van der Waals surface area contributed by atoms with Gasteiger partial charge in [-0.1, -0.05) is 17.3 Å². The molecule has 1 amide bonds. The van der Waals surface area contributed by atoms with Gasteiger partial charge in [-0.05, 0) is 37.7 Å². The summed E-state index contributed by atoms with van der Waals surface area (Å²) < 4.78 is 0. The lowest BCUT2D eigenvalue weighted by molar-refractivity contribution is 0.0938. The minimum atomic E-state index is -0.0668. The molecule has 0 saturated heterocycles. The molecular formula is C14H19N3O2S. The largest absolute Gasteiger partial charge is 0.409 e. The SMILES string of the molecule is CSC1CCC(NC(=O)c2ccc(/C(N)=N/O)cc2)C1. The van der Waals surface area contributed by atoms with Gasteiger partial charge in [-0.25, -0.2) is 0 Å². The molecule has 1 aliphatic rings. The lowest BCUT2D eigenvalue weighted by atomic mass is 10.1. The molecule has 2 unspecified atom stereocenters. The molecule has 2 rings (SSSR count). The minimum absolute atomic E-state index is 0.0376. The second kappa shape index (κ2) is 6.65. The van der Waals surface area contributed by atoms with Gasteiger partial charge in [0.1, 0.15) is 0 Å². The van der Waals surface area contributed by atoms with Gasteiger partial charge in [0, 0.05) is 22.4 Å². The van der Waals surface area contributed by atoms with Crippen molar-refractivity contribution >= 4 is 23.5 Å². The van der Waals surface area contributed by atoms with Crippen LogP contribution in [0.1, 0.15) is 35.2 Å². The molecule has 1 aromatic rings. The van der Waals surface area contributed by atoms with Crippen molar-refractivity contribution < 1.29 is 10.0 Å². The van der Waals surface area contributed by atoms with E-state index in [0.29, 0.717) is 16.4 Å². The average Bonchev–Trinajstić information content (AvgIpc) is 2.94. The fraction of sp³-hybridized carbons (Fsp3) is 0.429. The number of nitrogens with zero attached hydrogens (tertiary/aromatic N) is 1. The summed E-state index contributed by atoms with van der Waals surface area (Å²) in [7, 11) is 0. The molecule has 5 nitrogen and oxygen atoms in total. The quantitative estimate of drug-likeness (QED) is 0.342. The van der Waals surface area contributed by atoms with Gasteiger partial charge < -0.3 is 16.3 Å². The number of thioether (sulfide) groups is 1. The van der Waals surface area contributed by atoms with Gasteiger partial charge >= 0.3 is 0 Å². The van der Waals surface area contributed by atoms with Crippen molar-refractivity contribution in [2.75, 3.05) is 6.26 Å². The Labute approximate surface area is 122 Å². The third-order valence-corrected chi connectivity index (χ3v) is 4.70. The molecule has 4 N–H and O–H groups in total. The van der Waals surface area contributed by atoms with Crippen LogP contribution in [0.3, 0.4) is 0 Å². The molecule has 6 heteroatoms. The number of benzene rings is 1. The van der Waals surface area contributed by atoms with Crippen molar-refractivity contribution in [2.45, 2.75) is 30.6 Å². The van der Waals surface area contributed by atoms with Crippen LogP contribution in [0.4, 0.5) is 0 Å². The number of hydrogen-bond donors (Lipinski definition) is 3. The molecular weight excluding hydrogens is 274 g/mol. The molecule has 1 fully saturated rings. The van der Waals surface area contributed by atoms with E-state index in [1.165, 1.54) is 0 Å². The predicted molar refractivity (Wildman–Crippen MR) is 81.4 cm³/mol. The normalized spacial score (nSPS) is 22.8. The Morgan fingerprint density at radius 2 is 2.00 bits per heavy atom. The molecule has 0 radical (unpaired) electrons. The van der Waals surface area contributed by atoms with Crippen molar-refractivity contribution in [3.8, 4) is 0 Å². The Morgan fingerprint density at radius 1 is 1.35 bits per heavy atom.